The van der Waals surface area contributed by atoms with Crippen LogP contribution in [0.2, 0.25) is 0 Å². The van der Waals surface area contributed by atoms with Crippen molar-refractivity contribution in [3.8, 4) is 39.5 Å². The maximum Gasteiger partial charge on any atom is 0.162 e. The van der Waals surface area contributed by atoms with Crippen molar-refractivity contribution in [1.29, 1.82) is 0 Å². The van der Waals surface area contributed by atoms with Gasteiger partial charge < -0.3 is 14.9 Å². The minimum absolute atomic E-state index is 0.0159. The highest BCUT2D eigenvalue weighted by Gasteiger charge is 2.08. The lowest BCUT2D eigenvalue weighted by Crippen LogP contribution is -1.92. The second kappa shape index (κ2) is 6.63. The monoisotopic (exact) mass is 326 g/mol. The van der Waals surface area contributed by atoms with Gasteiger partial charge in [-0.05, 0) is 41.0 Å². The quantitative estimate of drug-likeness (QED) is 0.663. The zero-order chi connectivity index (χ0) is 16.2. The predicted octanol–water partition coefficient (Wildman–Crippen LogP) is 5.01. The Hall–Kier alpha value is -2.65. The van der Waals surface area contributed by atoms with E-state index in [-0.39, 0.29) is 17.6 Å². The Labute approximate surface area is 139 Å². The molecule has 0 amide bonds. The Bertz CT molecular complexity index is 796. The molecule has 0 fully saturated rings. The summed E-state index contributed by atoms with van der Waals surface area (Å²) in [5.74, 6) is 0.921. The number of hydrogen-bond donors (Lipinski definition) is 2. The van der Waals surface area contributed by atoms with Crippen molar-refractivity contribution in [2.75, 3.05) is 6.07 Å². The highest BCUT2D eigenvalue weighted by molar-refractivity contribution is 6.17. The fraction of sp³-hybridized carbons (Fsp3) is 0.0526. The second-order valence-corrected chi connectivity index (χ2v) is 5.28. The molecule has 0 heterocycles. The highest BCUT2D eigenvalue weighted by Crippen LogP contribution is 2.34. The van der Waals surface area contributed by atoms with Gasteiger partial charge in [0.2, 0.25) is 0 Å². The van der Waals surface area contributed by atoms with Gasteiger partial charge in [0, 0.05) is 11.6 Å². The van der Waals surface area contributed by atoms with Gasteiger partial charge in [0.05, 0.1) is 0 Å². The van der Waals surface area contributed by atoms with Gasteiger partial charge in [-0.15, -0.1) is 0 Å². The van der Waals surface area contributed by atoms with Crippen molar-refractivity contribution in [2.45, 2.75) is 0 Å². The number of hydrogen-bond acceptors (Lipinski definition) is 3. The average Bonchev–Trinajstić information content (AvgIpc) is 2.56. The van der Waals surface area contributed by atoms with E-state index >= 15 is 0 Å². The summed E-state index contributed by atoms with van der Waals surface area (Å²) in [5.41, 5.74) is 3.90. The van der Waals surface area contributed by atoms with Gasteiger partial charge >= 0.3 is 0 Å². The molecule has 0 aromatic heterocycles. The lowest BCUT2D eigenvalue weighted by atomic mass is 9.99. The summed E-state index contributed by atoms with van der Waals surface area (Å²) in [6.07, 6.45) is 0. The van der Waals surface area contributed by atoms with Crippen molar-refractivity contribution in [3.05, 3.63) is 66.7 Å². The lowest BCUT2D eigenvalue weighted by Gasteiger charge is -2.11. The van der Waals surface area contributed by atoms with Crippen LogP contribution in [0.1, 0.15) is 0 Å². The van der Waals surface area contributed by atoms with E-state index in [9.17, 15) is 10.2 Å². The third-order valence-corrected chi connectivity index (χ3v) is 3.68. The van der Waals surface area contributed by atoms with Crippen LogP contribution in [-0.2, 0) is 0 Å². The molecule has 0 bridgehead atoms. The van der Waals surface area contributed by atoms with Gasteiger partial charge in [-0.25, -0.2) is 0 Å². The van der Waals surface area contributed by atoms with Crippen LogP contribution in [0.25, 0.3) is 22.3 Å². The molecule has 2 N–H and O–H groups in total. The number of phenolic OH excluding ortho intramolecular Hbond substituents is 2. The van der Waals surface area contributed by atoms with Crippen LogP contribution in [0, 0.1) is 0 Å². The number of benzene rings is 3. The average molecular weight is 327 g/mol. The van der Waals surface area contributed by atoms with Crippen LogP contribution in [0.5, 0.6) is 17.2 Å². The summed E-state index contributed by atoms with van der Waals surface area (Å²) in [4.78, 5) is 0. The number of rotatable bonds is 4. The summed E-state index contributed by atoms with van der Waals surface area (Å²) in [7, 11) is 0. The maximum absolute atomic E-state index is 9.58. The molecule has 116 valence electrons. The van der Waals surface area contributed by atoms with Crippen LogP contribution >= 0.6 is 11.6 Å². The van der Waals surface area contributed by atoms with E-state index in [1.54, 1.807) is 30.3 Å². The van der Waals surface area contributed by atoms with E-state index in [4.69, 9.17) is 16.3 Å². The van der Waals surface area contributed by atoms with Gasteiger partial charge in [0.15, 0.2) is 6.07 Å². The smallest absolute Gasteiger partial charge is 0.162 e. The molecule has 3 nitrogen and oxygen atoms in total. The number of halogens is 1. The molecular formula is C19H15ClO3. The Kier molecular flexibility index (Phi) is 4.40. The Morgan fingerprint density at radius 1 is 0.696 bits per heavy atom. The van der Waals surface area contributed by atoms with Gasteiger partial charge in [-0.1, -0.05) is 48.0 Å². The first-order valence-corrected chi connectivity index (χ1v) is 7.62. The van der Waals surface area contributed by atoms with Crippen LogP contribution in [0.4, 0.5) is 0 Å². The standard InChI is InChI=1S/C19H15ClO3/c20-12-23-19-11-17(22)9-10-18(19)15-3-1-13(2-4-15)14-5-7-16(21)8-6-14/h1-11,21-22H,12H2. The molecule has 0 aliphatic heterocycles. The van der Waals surface area contributed by atoms with Crippen LogP contribution < -0.4 is 4.74 Å². The van der Waals surface area contributed by atoms with Gasteiger partial charge in [-0.2, -0.15) is 0 Å². The largest absolute Gasteiger partial charge is 0.508 e. The summed E-state index contributed by atoms with van der Waals surface area (Å²) < 4.78 is 5.38. The molecule has 0 atom stereocenters. The molecule has 4 heteroatoms. The van der Waals surface area contributed by atoms with E-state index in [1.807, 2.05) is 36.4 Å². The van der Waals surface area contributed by atoms with E-state index < -0.39 is 0 Å². The molecule has 0 unspecified atom stereocenters. The Morgan fingerprint density at radius 3 is 1.83 bits per heavy atom. The van der Waals surface area contributed by atoms with Crippen molar-refractivity contribution >= 4 is 11.6 Å². The van der Waals surface area contributed by atoms with Crippen molar-refractivity contribution in [2.24, 2.45) is 0 Å². The van der Waals surface area contributed by atoms with E-state index in [2.05, 4.69) is 0 Å². The third kappa shape index (κ3) is 3.41. The molecule has 0 saturated heterocycles. The summed E-state index contributed by atoms with van der Waals surface area (Å²) in [6, 6.07) is 20.0. The van der Waals surface area contributed by atoms with Crippen molar-refractivity contribution < 1.29 is 14.9 Å². The molecular weight excluding hydrogens is 312 g/mol. The first-order valence-electron chi connectivity index (χ1n) is 7.09. The summed E-state index contributed by atoms with van der Waals surface area (Å²) in [5, 5.41) is 18.9. The number of alkyl halides is 1. The van der Waals surface area contributed by atoms with Crippen molar-refractivity contribution in [3.63, 3.8) is 0 Å². The summed E-state index contributed by atoms with van der Waals surface area (Å²) >= 11 is 5.64. The number of ether oxygens (including phenoxy) is 1. The zero-order valence-electron chi connectivity index (χ0n) is 12.2. The molecule has 3 aromatic rings. The fourth-order valence-corrected chi connectivity index (χ4v) is 2.54. The second-order valence-electron chi connectivity index (χ2n) is 5.06. The first kappa shape index (κ1) is 15.3. The Balaban J connectivity index is 1.95. The van der Waals surface area contributed by atoms with Gasteiger partial charge in [0.25, 0.3) is 0 Å². The van der Waals surface area contributed by atoms with Crippen molar-refractivity contribution in [1.82, 2.24) is 0 Å². The van der Waals surface area contributed by atoms with E-state index in [0.29, 0.717) is 5.75 Å². The molecule has 0 radical (unpaired) electrons. The third-order valence-electron chi connectivity index (χ3n) is 3.57. The minimum Gasteiger partial charge on any atom is -0.508 e. The molecule has 3 rings (SSSR count). The lowest BCUT2D eigenvalue weighted by molar-refractivity contribution is 0.385. The molecule has 23 heavy (non-hydrogen) atoms. The van der Waals surface area contributed by atoms with Crippen LogP contribution in [-0.4, -0.2) is 16.3 Å². The summed E-state index contributed by atoms with van der Waals surface area (Å²) in [6.45, 7) is 0. The highest BCUT2D eigenvalue weighted by atomic mass is 35.5. The number of phenols is 2. The van der Waals surface area contributed by atoms with Gasteiger partial charge in [0.1, 0.15) is 17.2 Å². The minimum atomic E-state index is 0.0159. The SMILES string of the molecule is Oc1ccc(-c2ccc(-c3ccc(O)cc3OCCl)cc2)cc1. The van der Waals surface area contributed by atoms with Crippen LogP contribution in [0.15, 0.2) is 66.7 Å². The predicted molar refractivity (Wildman–Crippen MR) is 92.0 cm³/mol. The molecule has 0 aliphatic rings. The number of aromatic hydroxyl groups is 2. The molecule has 0 aliphatic carbocycles. The molecule has 0 saturated carbocycles. The first-order chi connectivity index (χ1) is 11.2. The molecule has 3 aromatic carbocycles. The molecule has 0 spiro atoms. The fourth-order valence-electron chi connectivity index (χ4n) is 2.42. The Morgan fingerprint density at radius 2 is 1.22 bits per heavy atom. The normalized spacial score (nSPS) is 10.5. The maximum atomic E-state index is 9.58. The van der Waals surface area contributed by atoms with Crippen LogP contribution in [0.3, 0.4) is 0 Å². The van der Waals surface area contributed by atoms with Gasteiger partial charge in [-0.3, -0.25) is 0 Å². The van der Waals surface area contributed by atoms with E-state index in [0.717, 1.165) is 22.3 Å². The zero-order valence-corrected chi connectivity index (χ0v) is 13.0. The topological polar surface area (TPSA) is 49.7 Å². The van der Waals surface area contributed by atoms with E-state index in [1.165, 1.54) is 0 Å².